The lowest BCUT2D eigenvalue weighted by molar-refractivity contribution is 0.101. The third-order valence-electron chi connectivity index (χ3n) is 2.61. The molecular formula is C13H4Cl2F5NO. The van der Waals surface area contributed by atoms with Crippen molar-refractivity contribution in [2.45, 2.75) is 0 Å². The highest BCUT2D eigenvalue weighted by Gasteiger charge is 2.29. The largest absolute Gasteiger partial charge is 0.322 e. The molecule has 9 heteroatoms. The van der Waals surface area contributed by atoms with Crippen LogP contribution in [0.5, 0.6) is 0 Å². The van der Waals surface area contributed by atoms with Gasteiger partial charge in [-0.3, -0.25) is 4.79 Å². The van der Waals surface area contributed by atoms with Crippen LogP contribution in [0.2, 0.25) is 10.0 Å². The van der Waals surface area contributed by atoms with Crippen molar-refractivity contribution in [2.24, 2.45) is 0 Å². The summed E-state index contributed by atoms with van der Waals surface area (Å²) >= 11 is 11.3. The van der Waals surface area contributed by atoms with Crippen molar-refractivity contribution in [3.05, 3.63) is 62.9 Å². The van der Waals surface area contributed by atoms with Crippen molar-refractivity contribution in [2.75, 3.05) is 5.32 Å². The van der Waals surface area contributed by atoms with Crippen molar-refractivity contribution in [3.8, 4) is 0 Å². The molecule has 2 rings (SSSR count). The van der Waals surface area contributed by atoms with E-state index in [0.29, 0.717) is 0 Å². The van der Waals surface area contributed by atoms with Gasteiger partial charge in [0, 0.05) is 5.69 Å². The number of benzene rings is 2. The summed E-state index contributed by atoms with van der Waals surface area (Å²) in [6.45, 7) is 0. The molecule has 0 spiro atoms. The number of hydrogen-bond donors (Lipinski definition) is 1. The van der Waals surface area contributed by atoms with Gasteiger partial charge in [0.05, 0.1) is 10.0 Å². The summed E-state index contributed by atoms with van der Waals surface area (Å²) in [5.74, 6) is -12.7. The summed E-state index contributed by atoms with van der Waals surface area (Å²) in [7, 11) is 0. The number of anilines is 1. The molecule has 2 aromatic rings. The van der Waals surface area contributed by atoms with Crippen molar-refractivity contribution in [3.63, 3.8) is 0 Å². The van der Waals surface area contributed by atoms with Crippen LogP contribution in [0, 0.1) is 29.1 Å². The lowest BCUT2D eigenvalue weighted by Crippen LogP contribution is -2.19. The summed E-state index contributed by atoms with van der Waals surface area (Å²) < 4.78 is 65.9. The van der Waals surface area contributed by atoms with Crippen LogP contribution in [0.15, 0.2) is 18.2 Å². The van der Waals surface area contributed by atoms with Crippen LogP contribution < -0.4 is 5.32 Å². The molecule has 0 aliphatic carbocycles. The van der Waals surface area contributed by atoms with Crippen LogP contribution in [-0.2, 0) is 0 Å². The van der Waals surface area contributed by atoms with E-state index in [9.17, 15) is 26.7 Å². The summed E-state index contributed by atoms with van der Waals surface area (Å²) in [6.07, 6.45) is 0. The molecule has 0 aromatic heterocycles. The second kappa shape index (κ2) is 6.10. The van der Waals surface area contributed by atoms with Crippen molar-refractivity contribution < 1.29 is 26.7 Å². The van der Waals surface area contributed by atoms with E-state index < -0.39 is 40.6 Å². The quantitative estimate of drug-likeness (QED) is 0.461. The average Bonchev–Trinajstić information content (AvgIpc) is 2.47. The minimum atomic E-state index is -2.35. The molecule has 0 radical (unpaired) electrons. The maximum atomic E-state index is 13.5. The van der Waals surface area contributed by atoms with Gasteiger partial charge in [-0.05, 0) is 18.2 Å². The normalized spacial score (nSPS) is 10.7. The molecular weight excluding hydrogens is 352 g/mol. The van der Waals surface area contributed by atoms with Gasteiger partial charge in [-0.25, -0.2) is 22.0 Å². The van der Waals surface area contributed by atoms with Crippen LogP contribution in [0.3, 0.4) is 0 Å². The second-order valence-corrected chi connectivity index (χ2v) is 4.84. The van der Waals surface area contributed by atoms with Crippen LogP contribution in [0.25, 0.3) is 0 Å². The zero-order valence-corrected chi connectivity index (χ0v) is 11.8. The number of rotatable bonds is 2. The Hall–Kier alpha value is -1.86. The molecule has 0 unspecified atom stereocenters. The molecule has 0 bridgehead atoms. The predicted molar refractivity (Wildman–Crippen MR) is 70.6 cm³/mol. The van der Waals surface area contributed by atoms with Crippen LogP contribution in [0.4, 0.5) is 27.6 Å². The minimum Gasteiger partial charge on any atom is -0.322 e. The van der Waals surface area contributed by atoms with E-state index in [4.69, 9.17) is 23.2 Å². The fourth-order valence-corrected chi connectivity index (χ4v) is 1.87. The van der Waals surface area contributed by atoms with Gasteiger partial charge in [0.1, 0.15) is 5.56 Å². The third-order valence-corrected chi connectivity index (χ3v) is 3.35. The maximum absolute atomic E-state index is 13.5. The van der Waals surface area contributed by atoms with E-state index in [1.807, 2.05) is 5.32 Å². The number of nitrogens with one attached hydrogen (secondary N) is 1. The third kappa shape index (κ3) is 2.86. The Morgan fingerprint density at radius 1 is 0.818 bits per heavy atom. The van der Waals surface area contributed by atoms with Crippen LogP contribution >= 0.6 is 23.2 Å². The molecule has 116 valence electrons. The van der Waals surface area contributed by atoms with Crippen molar-refractivity contribution in [1.82, 2.24) is 0 Å². The second-order valence-electron chi connectivity index (χ2n) is 4.03. The Morgan fingerprint density at radius 3 is 1.82 bits per heavy atom. The first kappa shape index (κ1) is 16.5. The monoisotopic (exact) mass is 355 g/mol. The fourth-order valence-electron chi connectivity index (χ4n) is 1.57. The first-order chi connectivity index (χ1) is 10.2. The fraction of sp³-hybridized carbons (Fsp3) is 0. The molecule has 0 heterocycles. The van der Waals surface area contributed by atoms with E-state index in [1.54, 1.807) is 0 Å². The zero-order chi connectivity index (χ0) is 16.6. The Labute approximate surface area is 130 Å². The number of hydrogen-bond acceptors (Lipinski definition) is 1. The Bertz CT molecular complexity index is 753. The number of halogens is 7. The summed E-state index contributed by atoms with van der Waals surface area (Å²) in [6, 6.07) is 3.66. The smallest absolute Gasteiger partial charge is 0.261 e. The lowest BCUT2D eigenvalue weighted by atomic mass is 10.1. The standard InChI is InChI=1S/C13H4Cl2F5NO/c14-5-2-1-4(3-6(5)15)21-13(22)7-8(16)10(18)12(20)11(19)9(7)17/h1-3H,(H,21,22). The molecule has 1 N–H and O–H groups in total. The van der Waals surface area contributed by atoms with Gasteiger partial charge in [-0.2, -0.15) is 0 Å². The van der Waals surface area contributed by atoms with E-state index in [-0.39, 0.29) is 15.7 Å². The highest BCUT2D eigenvalue weighted by Crippen LogP contribution is 2.27. The first-order valence-corrected chi connectivity index (χ1v) is 6.27. The Morgan fingerprint density at radius 2 is 1.32 bits per heavy atom. The van der Waals surface area contributed by atoms with E-state index >= 15 is 0 Å². The SMILES string of the molecule is O=C(Nc1ccc(Cl)c(Cl)c1)c1c(F)c(F)c(F)c(F)c1F. The van der Waals surface area contributed by atoms with Crippen molar-refractivity contribution in [1.29, 1.82) is 0 Å². The van der Waals surface area contributed by atoms with Gasteiger partial charge in [-0.15, -0.1) is 0 Å². The molecule has 0 saturated carbocycles. The first-order valence-electron chi connectivity index (χ1n) is 5.52. The molecule has 0 saturated heterocycles. The molecule has 22 heavy (non-hydrogen) atoms. The van der Waals surface area contributed by atoms with Gasteiger partial charge in [0.15, 0.2) is 23.3 Å². The number of carbonyl (C=O) groups is 1. The molecule has 0 fully saturated rings. The lowest BCUT2D eigenvalue weighted by Gasteiger charge is -2.09. The van der Waals surface area contributed by atoms with E-state index in [1.165, 1.54) is 12.1 Å². The highest BCUT2D eigenvalue weighted by atomic mass is 35.5. The molecule has 0 aliphatic rings. The zero-order valence-electron chi connectivity index (χ0n) is 10.3. The highest BCUT2D eigenvalue weighted by molar-refractivity contribution is 6.42. The number of amides is 1. The van der Waals surface area contributed by atoms with Gasteiger partial charge < -0.3 is 5.32 Å². The van der Waals surface area contributed by atoms with Gasteiger partial charge in [0.2, 0.25) is 5.82 Å². The van der Waals surface area contributed by atoms with E-state index in [0.717, 1.165) is 6.07 Å². The van der Waals surface area contributed by atoms with Gasteiger partial charge in [0.25, 0.3) is 5.91 Å². The number of carbonyl (C=O) groups excluding carboxylic acids is 1. The molecule has 1 amide bonds. The van der Waals surface area contributed by atoms with Crippen LogP contribution in [0.1, 0.15) is 10.4 Å². The van der Waals surface area contributed by atoms with Crippen molar-refractivity contribution >= 4 is 34.8 Å². The molecule has 2 nitrogen and oxygen atoms in total. The predicted octanol–water partition coefficient (Wildman–Crippen LogP) is 4.94. The van der Waals surface area contributed by atoms with E-state index in [2.05, 4.69) is 0 Å². The topological polar surface area (TPSA) is 29.1 Å². The maximum Gasteiger partial charge on any atom is 0.261 e. The molecule has 0 atom stereocenters. The van der Waals surface area contributed by atoms with Gasteiger partial charge >= 0.3 is 0 Å². The summed E-state index contributed by atoms with van der Waals surface area (Å²) in [5, 5.41) is 2.14. The molecule has 2 aromatic carbocycles. The van der Waals surface area contributed by atoms with Crippen LogP contribution in [-0.4, -0.2) is 5.91 Å². The summed E-state index contributed by atoms with van der Waals surface area (Å²) in [4.78, 5) is 11.7. The average molecular weight is 356 g/mol. The van der Waals surface area contributed by atoms with Gasteiger partial charge in [-0.1, -0.05) is 23.2 Å². The Kier molecular flexibility index (Phi) is 4.58. The Balaban J connectivity index is 2.44. The molecule has 0 aliphatic heterocycles. The minimum absolute atomic E-state index is 0.0249. The summed E-state index contributed by atoms with van der Waals surface area (Å²) in [5.41, 5.74) is -1.63.